The molecular formula is C19H19N7O2. The maximum Gasteiger partial charge on any atom is 0.287 e. The van der Waals surface area contributed by atoms with Crippen molar-refractivity contribution in [2.45, 2.75) is 13.3 Å². The van der Waals surface area contributed by atoms with Gasteiger partial charge in [0.25, 0.3) is 5.69 Å². The zero-order valence-corrected chi connectivity index (χ0v) is 15.2. The van der Waals surface area contributed by atoms with Crippen LogP contribution >= 0.6 is 0 Å². The number of rotatable bonds is 6. The number of nitrogens with one attached hydrogen (secondary N) is 1. The lowest BCUT2D eigenvalue weighted by Gasteiger charge is -2.05. The van der Waals surface area contributed by atoms with E-state index in [1.54, 1.807) is 12.4 Å². The second kappa shape index (κ2) is 8.67. The molecule has 0 unspecified atom stereocenters. The molecule has 1 aromatic carbocycles. The molecule has 0 aliphatic carbocycles. The highest BCUT2D eigenvalue weighted by Gasteiger charge is 2.04. The third-order valence-electron chi connectivity index (χ3n) is 3.90. The van der Waals surface area contributed by atoms with E-state index in [2.05, 4.69) is 31.0 Å². The molecule has 0 bridgehead atoms. The van der Waals surface area contributed by atoms with Crippen molar-refractivity contribution in [2.24, 2.45) is 9.98 Å². The predicted molar refractivity (Wildman–Crippen MR) is 106 cm³/mol. The van der Waals surface area contributed by atoms with Crippen molar-refractivity contribution < 1.29 is 4.92 Å². The number of nitrogens with zero attached hydrogens (tertiary/aromatic N) is 5. The van der Waals surface area contributed by atoms with Crippen molar-refractivity contribution in [3.8, 4) is 0 Å². The monoisotopic (exact) mass is 377 g/mol. The molecule has 0 saturated heterocycles. The smallest absolute Gasteiger partial charge is 0.287 e. The van der Waals surface area contributed by atoms with Gasteiger partial charge >= 0.3 is 0 Å². The average molecular weight is 377 g/mol. The minimum Gasteiger partial charge on any atom is -0.383 e. The zero-order chi connectivity index (χ0) is 19.9. The van der Waals surface area contributed by atoms with E-state index < -0.39 is 4.92 Å². The highest BCUT2D eigenvalue weighted by molar-refractivity contribution is 5.64. The number of hydrogen-bond donors (Lipinski definition) is 2. The van der Waals surface area contributed by atoms with Crippen LogP contribution in [0.4, 0.5) is 17.3 Å². The van der Waals surface area contributed by atoms with Crippen LogP contribution in [0.15, 0.2) is 58.8 Å². The van der Waals surface area contributed by atoms with Gasteiger partial charge in [-0.3, -0.25) is 10.1 Å². The summed E-state index contributed by atoms with van der Waals surface area (Å²) in [5.41, 5.74) is 9.62. The van der Waals surface area contributed by atoms with E-state index >= 15 is 0 Å². The third-order valence-corrected chi connectivity index (χ3v) is 3.90. The molecule has 0 radical (unpaired) electrons. The lowest BCUT2D eigenvalue weighted by atomic mass is 10.1. The summed E-state index contributed by atoms with van der Waals surface area (Å²) in [5.74, 6) is 0.790. The summed E-state index contributed by atoms with van der Waals surface area (Å²) in [6.45, 7) is 2.31. The van der Waals surface area contributed by atoms with E-state index in [9.17, 15) is 10.1 Å². The zero-order valence-electron chi connectivity index (χ0n) is 15.2. The van der Waals surface area contributed by atoms with Crippen LogP contribution in [0.5, 0.6) is 0 Å². The van der Waals surface area contributed by atoms with E-state index in [1.807, 2.05) is 25.1 Å². The molecule has 0 aliphatic heterocycles. The van der Waals surface area contributed by atoms with Gasteiger partial charge in [0, 0.05) is 30.5 Å². The quantitative estimate of drug-likeness (QED) is 0.386. The number of hydrogen-bond acceptors (Lipinski definition) is 7. The standard InChI is InChI=1S/C19H19N7O2/c1-13-3-2-4-14(9-13)10-15-11-24-19(25-18(15)20)22-8-7-21-17-6-5-16(12-23-17)26(27)28/h2-7,9,11-12H,8,10H2,1H3,(H3,20,22,24,25). The van der Waals surface area contributed by atoms with Crippen LogP contribution in [0.25, 0.3) is 0 Å². The molecular weight excluding hydrogens is 358 g/mol. The second-order valence-electron chi connectivity index (χ2n) is 6.08. The molecule has 3 N–H and O–H groups in total. The highest BCUT2D eigenvalue weighted by atomic mass is 16.6. The van der Waals surface area contributed by atoms with Gasteiger partial charge in [-0.2, -0.15) is 4.98 Å². The highest BCUT2D eigenvalue weighted by Crippen LogP contribution is 2.14. The van der Waals surface area contributed by atoms with Crippen LogP contribution in [0.2, 0.25) is 0 Å². The fourth-order valence-electron chi connectivity index (χ4n) is 2.53. The van der Waals surface area contributed by atoms with E-state index in [0.29, 0.717) is 23.7 Å². The normalized spacial score (nSPS) is 11.8. The summed E-state index contributed by atoms with van der Waals surface area (Å²) in [7, 11) is 0. The Morgan fingerprint density at radius 2 is 2.18 bits per heavy atom. The van der Waals surface area contributed by atoms with E-state index in [4.69, 9.17) is 5.73 Å². The van der Waals surface area contributed by atoms with Crippen molar-refractivity contribution in [2.75, 3.05) is 12.3 Å². The molecule has 142 valence electrons. The fraction of sp³-hybridized carbons (Fsp3) is 0.158. The Morgan fingerprint density at radius 3 is 2.86 bits per heavy atom. The van der Waals surface area contributed by atoms with Crippen LogP contribution in [-0.4, -0.2) is 32.6 Å². The van der Waals surface area contributed by atoms with Crippen LogP contribution in [-0.2, 0) is 6.42 Å². The minimum absolute atomic E-state index is 0.0799. The summed E-state index contributed by atoms with van der Waals surface area (Å²) >= 11 is 0. The molecule has 2 heterocycles. The maximum absolute atomic E-state index is 10.6. The van der Waals surface area contributed by atoms with Gasteiger partial charge in [-0.15, -0.1) is 0 Å². The van der Waals surface area contributed by atoms with Crippen LogP contribution < -0.4 is 11.4 Å². The Balaban J connectivity index is 1.64. The Bertz CT molecular complexity index is 1070. The average Bonchev–Trinajstić information content (AvgIpc) is 2.68. The first-order chi connectivity index (χ1) is 13.5. The number of nitrogens with two attached hydrogens (primary N) is 1. The number of anilines is 1. The summed E-state index contributed by atoms with van der Waals surface area (Å²) in [6, 6.07) is 11.0. The lowest BCUT2D eigenvalue weighted by molar-refractivity contribution is -0.385. The van der Waals surface area contributed by atoms with Gasteiger partial charge in [-0.1, -0.05) is 29.8 Å². The van der Waals surface area contributed by atoms with Crippen molar-refractivity contribution in [3.05, 3.63) is 81.2 Å². The number of aryl methyl sites for hydroxylation is 1. The summed E-state index contributed by atoms with van der Waals surface area (Å²) in [4.78, 5) is 29.6. The Kier molecular flexibility index (Phi) is 5.85. The van der Waals surface area contributed by atoms with Gasteiger partial charge in [0.05, 0.1) is 11.5 Å². The van der Waals surface area contributed by atoms with E-state index in [0.717, 1.165) is 17.3 Å². The third kappa shape index (κ3) is 5.07. The van der Waals surface area contributed by atoms with Crippen molar-refractivity contribution in [1.29, 1.82) is 0 Å². The number of aliphatic imine (C=N–C) groups is 1. The number of nitrogen functional groups attached to an aromatic ring is 1. The molecule has 0 amide bonds. The first-order valence-corrected chi connectivity index (χ1v) is 8.54. The van der Waals surface area contributed by atoms with Crippen LogP contribution in [0.1, 0.15) is 16.7 Å². The Labute approximate surface area is 160 Å². The largest absolute Gasteiger partial charge is 0.383 e. The molecule has 3 rings (SSSR count). The molecule has 0 aliphatic rings. The van der Waals surface area contributed by atoms with Gasteiger partial charge in [0.1, 0.15) is 12.0 Å². The molecule has 2 aromatic heterocycles. The van der Waals surface area contributed by atoms with Crippen molar-refractivity contribution in [1.82, 2.24) is 15.0 Å². The summed E-state index contributed by atoms with van der Waals surface area (Å²) in [5, 5.41) is 10.6. The molecule has 9 heteroatoms. The number of aromatic amines is 1. The predicted octanol–water partition coefficient (Wildman–Crippen LogP) is 2.50. The molecule has 0 fully saturated rings. The van der Waals surface area contributed by atoms with Gasteiger partial charge < -0.3 is 10.7 Å². The van der Waals surface area contributed by atoms with Gasteiger partial charge in [0.15, 0.2) is 5.82 Å². The SMILES string of the molecule is Cc1cccc(Cc2c[nH]c(=NCC=Nc3ccc([N+](=O)[O-])cn3)nc2N)c1. The minimum atomic E-state index is -0.510. The van der Waals surface area contributed by atoms with Gasteiger partial charge in [-0.25, -0.2) is 15.0 Å². The number of benzene rings is 1. The van der Waals surface area contributed by atoms with E-state index in [1.165, 1.54) is 17.7 Å². The van der Waals surface area contributed by atoms with Crippen molar-refractivity contribution >= 4 is 23.5 Å². The van der Waals surface area contributed by atoms with Crippen LogP contribution in [0, 0.1) is 17.0 Å². The molecule has 0 atom stereocenters. The molecule has 9 nitrogen and oxygen atoms in total. The summed E-state index contributed by atoms with van der Waals surface area (Å²) in [6.07, 6.45) is 5.19. The topological polar surface area (TPSA) is 135 Å². The van der Waals surface area contributed by atoms with Gasteiger partial charge in [0.2, 0.25) is 5.62 Å². The fourth-order valence-corrected chi connectivity index (χ4v) is 2.53. The van der Waals surface area contributed by atoms with E-state index in [-0.39, 0.29) is 12.2 Å². The van der Waals surface area contributed by atoms with Crippen LogP contribution in [0.3, 0.4) is 0 Å². The van der Waals surface area contributed by atoms with Gasteiger partial charge in [-0.05, 0) is 18.6 Å². The molecule has 0 spiro atoms. The first kappa shape index (κ1) is 18.9. The molecule has 0 saturated carbocycles. The second-order valence-corrected chi connectivity index (χ2v) is 6.08. The first-order valence-electron chi connectivity index (χ1n) is 8.54. The Morgan fingerprint density at radius 1 is 1.32 bits per heavy atom. The molecule has 3 aromatic rings. The van der Waals surface area contributed by atoms with Crippen molar-refractivity contribution in [3.63, 3.8) is 0 Å². The lowest BCUT2D eigenvalue weighted by Crippen LogP contribution is -2.17. The number of nitro groups is 1. The molecule has 28 heavy (non-hydrogen) atoms. The Hall–Kier alpha value is -3.88. The maximum atomic E-state index is 10.6. The number of aromatic nitrogens is 3. The number of H-pyrrole nitrogens is 1. The summed E-state index contributed by atoms with van der Waals surface area (Å²) < 4.78 is 0. The number of pyridine rings is 1.